The highest BCUT2D eigenvalue weighted by Crippen LogP contribution is 2.43. The van der Waals surface area contributed by atoms with Gasteiger partial charge in [0.05, 0.1) is 24.9 Å². The van der Waals surface area contributed by atoms with E-state index in [4.69, 9.17) is 0 Å². The van der Waals surface area contributed by atoms with Gasteiger partial charge in [0, 0.05) is 36.3 Å². The van der Waals surface area contributed by atoms with Crippen molar-refractivity contribution < 1.29 is 14.7 Å². The highest BCUT2D eigenvalue weighted by Gasteiger charge is 2.54. The largest absolute Gasteiger partial charge is 0.394 e. The van der Waals surface area contributed by atoms with Gasteiger partial charge in [0.1, 0.15) is 12.2 Å². The number of aliphatic hydroxyl groups excluding tert-OH is 1. The number of aromatic nitrogens is 2. The molecule has 3 fully saturated rings. The molecule has 1 N–H and O–H groups in total. The van der Waals surface area contributed by atoms with Crippen LogP contribution >= 0.6 is 0 Å². The van der Waals surface area contributed by atoms with E-state index in [1.807, 2.05) is 24.3 Å². The quantitative estimate of drug-likeness (QED) is 0.776. The first-order valence-electron chi connectivity index (χ1n) is 10.2. The lowest BCUT2D eigenvalue weighted by Gasteiger charge is -2.58. The zero-order valence-electron chi connectivity index (χ0n) is 16.4. The third-order valence-corrected chi connectivity index (χ3v) is 6.12. The molecule has 1 aromatic carbocycles. The van der Waals surface area contributed by atoms with Crippen molar-refractivity contribution in [3.8, 4) is 11.8 Å². The third-order valence-electron chi connectivity index (χ3n) is 6.12. The Balaban J connectivity index is 1.36. The lowest BCUT2D eigenvalue weighted by molar-refractivity contribution is -0.159. The minimum absolute atomic E-state index is 0.00911. The van der Waals surface area contributed by atoms with Crippen LogP contribution in [0.25, 0.3) is 0 Å². The Labute approximate surface area is 174 Å². The van der Waals surface area contributed by atoms with Crippen LogP contribution < -0.4 is 0 Å². The molecule has 0 bridgehead atoms. The van der Waals surface area contributed by atoms with Gasteiger partial charge in [-0.15, -0.1) is 0 Å². The SMILES string of the molecule is O=C(c1cnccn1)N1CC(=O)N2[C@H](C1)[C@H](c1ccc(C#CC3CC3)cc1)[C@@H]2CO. The Hall–Kier alpha value is -3.24. The summed E-state index contributed by atoms with van der Waals surface area (Å²) in [6.45, 7) is 0.296. The van der Waals surface area contributed by atoms with Crippen LogP contribution in [-0.4, -0.2) is 68.5 Å². The molecule has 0 radical (unpaired) electrons. The highest BCUT2D eigenvalue weighted by molar-refractivity contribution is 5.95. The minimum atomic E-state index is -0.298. The van der Waals surface area contributed by atoms with Gasteiger partial charge in [-0.25, -0.2) is 4.98 Å². The number of piperazine rings is 1. The Bertz CT molecular complexity index is 1020. The number of hydrogen-bond donors (Lipinski definition) is 1. The summed E-state index contributed by atoms with van der Waals surface area (Å²) < 4.78 is 0. The van der Waals surface area contributed by atoms with Crippen molar-refractivity contribution in [2.75, 3.05) is 19.7 Å². The molecule has 152 valence electrons. The van der Waals surface area contributed by atoms with Crippen molar-refractivity contribution in [3.63, 3.8) is 0 Å². The first-order chi connectivity index (χ1) is 14.7. The molecule has 3 heterocycles. The van der Waals surface area contributed by atoms with E-state index >= 15 is 0 Å². The Morgan fingerprint density at radius 1 is 1.20 bits per heavy atom. The summed E-state index contributed by atoms with van der Waals surface area (Å²) in [5.41, 5.74) is 2.25. The molecular formula is C23H22N4O3. The van der Waals surface area contributed by atoms with Crippen LogP contribution in [-0.2, 0) is 4.79 Å². The van der Waals surface area contributed by atoms with Gasteiger partial charge in [-0.2, -0.15) is 0 Å². The Kier molecular flexibility index (Phi) is 4.72. The number of nitrogens with zero attached hydrogens (tertiary/aromatic N) is 4. The van der Waals surface area contributed by atoms with E-state index in [1.165, 1.54) is 36.3 Å². The third kappa shape index (κ3) is 3.33. The Morgan fingerprint density at radius 3 is 2.67 bits per heavy atom. The van der Waals surface area contributed by atoms with E-state index in [9.17, 15) is 14.7 Å². The molecule has 1 aromatic heterocycles. The van der Waals surface area contributed by atoms with E-state index in [2.05, 4.69) is 21.8 Å². The van der Waals surface area contributed by atoms with Gasteiger partial charge in [-0.1, -0.05) is 24.0 Å². The second-order valence-electron chi connectivity index (χ2n) is 8.09. The van der Waals surface area contributed by atoms with Crippen molar-refractivity contribution in [2.45, 2.75) is 30.8 Å². The predicted molar refractivity (Wildman–Crippen MR) is 108 cm³/mol. The molecule has 2 amide bonds. The zero-order valence-corrected chi connectivity index (χ0v) is 16.4. The smallest absolute Gasteiger partial charge is 0.274 e. The maximum Gasteiger partial charge on any atom is 0.274 e. The lowest BCUT2D eigenvalue weighted by Crippen LogP contribution is -2.73. The van der Waals surface area contributed by atoms with E-state index in [0.717, 1.165) is 11.1 Å². The molecule has 0 unspecified atom stereocenters. The average Bonchev–Trinajstić information content (AvgIpc) is 3.59. The average molecular weight is 402 g/mol. The molecule has 3 aliphatic rings. The van der Waals surface area contributed by atoms with Crippen LogP contribution in [0.5, 0.6) is 0 Å². The van der Waals surface area contributed by atoms with Gasteiger partial charge in [-0.3, -0.25) is 14.6 Å². The summed E-state index contributed by atoms with van der Waals surface area (Å²) in [4.78, 5) is 36.8. The predicted octanol–water partition coefficient (Wildman–Crippen LogP) is 1.05. The number of rotatable bonds is 3. The van der Waals surface area contributed by atoms with Crippen LogP contribution in [0.2, 0.25) is 0 Å². The van der Waals surface area contributed by atoms with Gasteiger partial charge in [0.25, 0.3) is 5.91 Å². The topological polar surface area (TPSA) is 86.6 Å². The van der Waals surface area contributed by atoms with E-state index in [1.54, 1.807) is 4.90 Å². The molecule has 7 nitrogen and oxygen atoms in total. The maximum absolute atomic E-state index is 12.8. The number of hydrogen-bond acceptors (Lipinski definition) is 5. The first kappa shape index (κ1) is 18.8. The van der Waals surface area contributed by atoms with E-state index < -0.39 is 0 Å². The molecule has 30 heavy (non-hydrogen) atoms. The van der Waals surface area contributed by atoms with Crippen LogP contribution in [0.15, 0.2) is 42.9 Å². The number of carbonyl (C=O) groups is 2. The molecule has 7 heteroatoms. The Morgan fingerprint density at radius 2 is 2.00 bits per heavy atom. The lowest BCUT2D eigenvalue weighted by atomic mass is 9.73. The van der Waals surface area contributed by atoms with Crippen LogP contribution in [0.1, 0.15) is 40.4 Å². The summed E-state index contributed by atoms with van der Waals surface area (Å²) in [5, 5.41) is 9.92. The van der Waals surface area contributed by atoms with Gasteiger partial charge in [-0.05, 0) is 30.5 Å². The number of benzene rings is 1. The van der Waals surface area contributed by atoms with Crippen molar-refractivity contribution in [1.29, 1.82) is 0 Å². The fourth-order valence-electron chi connectivity index (χ4n) is 4.43. The van der Waals surface area contributed by atoms with Crippen LogP contribution in [0.4, 0.5) is 0 Å². The molecular weight excluding hydrogens is 380 g/mol. The second kappa shape index (κ2) is 7.54. The highest BCUT2D eigenvalue weighted by atomic mass is 16.3. The van der Waals surface area contributed by atoms with Crippen molar-refractivity contribution in [1.82, 2.24) is 19.8 Å². The maximum atomic E-state index is 12.8. The fourth-order valence-corrected chi connectivity index (χ4v) is 4.43. The van der Waals surface area contributed by atoms with Crippen LogP contribution in [0.3, 0.4) is 0 Å². The first-order valence-corrected chi connectivity index (χ1v) is 10.2. The van der Waals surface area contributed by atoms with Gasteiger partial charge < -0.3 is 14.9 Å². The minimum Gasteiger partial charge on any atom is -0.394 e. The molecule has 3 atom stereocenters. The summed E-state index contributed by atoms with van der Waals surface area (Å²) in [5.74, 6) is 6.54. The number of fused-ring (bicyclic) bond motifs is 1. The molecule has 2 aromatic rings. The summed E-state index contributed by atoms with van der Waals surface area (Å²) >= 11 is 0. The summed E-state index contributed by atoms with van der Waals surface area (Å²) in [7, 11) is 0. The standard InChI is InChI=1S/C23H22N4O3/c28-14-20-22(17-7-5-16(6-8-17)4-3-15-1-2-15)19-12-26(13-21(29)27(19)20)23(30)18-11-24-9-10-25-18/h5-11,15,19-20,22,28H,1-2,12-14H2/t19-,20+,22+/m1/s1. The molecule has 2 saturated heterocycles. The molecule has 1 aliphatic carbocycles. The van der Waals surface area contributed by atoms with Crippen LogP contribution in [0, 0.1) is 17.8 Å². The second-order valence-corrected chi connectivity index (χ2v) is 8.09. The molecule has 2 aliphatic heterocycles. The zero-order chi connectivity index (χ0) is 20.7. The van der Waals surface area contributed by atoms with Crippen molar-refractivity contribution >= 4 is 11.8 Å². The van der Waals surface area contributed by atoms with Crippen molar-refractivity contribution in [2.24, 2.45) is 5.92 Å². The molecule has 1 saturated carbocycles. The van der Waals surface area contributed by atoms with Gasteiger partial charge in [0.2, 0.25) is 5.91 Å². The number of carbonyl (C=O) groups excluding carboxylic acids is 2. The monoisotopic (exact) mass is 402 g/mol. The van der Waals surface area contributed by atoms with Crippen molar-refractivity contribution in [3.05, 3.63) is 59.7 Å². The van der Waals surface area contributed by atoms with E-state index in [-0.39, 0.29) is 48.7 Å². The van der Waals surface area contributed by atoms with E-state index in [0.29, 0.717) is 12.5 Å². The van der Waals surface area contributed by atoms with Gasteiger partial charge in [0.15, 0.2) is 0 Å². The molecule has 0 spiro atoms. The summed E-state index contributed by atoms with van der Waals surface area (Å²) in [6, 6.07) is 7.61. The molecule has 5 rings (SSSR count). The normalized spacial score (nSPS) is 25.1. The number of aliphatic hydroxyl groups is 1. The number of amides is 2. The fraction of sp³-hybridized carbons (Fsp3) is 0.391. The van der Waals surface area contributed by atoms with Gasteiger partial charge >= 0.3 is 0 Å². The summed E-state index contributed by atoms with van der Waals surface area (Å²) in [6.07, 6.45) is 6.77.